The molecule has 0 unspecified atom stereocenters. The molecule has 1 aliphatic rings. The Morgan fingerprint density at radius 2 is 1.82 bits per heavy atom. The van der Waals surface area contributed by atoms with Crippen molar-refractivity contribution in [1.29, 1.82) is 0 Å². The van der Waals surface area contributed by atoms with Crippen molar-refractivity contribution in [3.05, 3.63) is 82.1 Å². The minimum absolute atomic E-state index is 0.235. The van der Waals surface area contributed by atoms with Crippen LogP contribution in [0.4, 0.5) is 10.5 Å². The number of furan rings is 1. The van der Waals surface area contributed by atoms with Crippen LogP contribution in [0, 0.1) is 6.92 Å². The Morgan fingerprint density at radius 3 is 2.50 bits per heavy atom. The van der Waals surface area contributed by atoms with Gasteiger partial charge in [0, 0.05) is 10.6 Å². The zero-order valence-electron chi connectivity index (χ0n) is 18.3. The molecular formula is C25H19ClN2O6. The molecule has 0 atom stereocenters. The number of ether oxygens (including phenoxy) is 1. The van der Waals surface area contributed by atoms with E-state index >= 15 is 0 Å². The number of benzene rings is 2. The summed E-state index contributed by atoms with van der Waals surface area (Å²) in [4.78, 5) is 50.4. The number of hydrogen-bond donors (Lipinski definition) is 1. The van der Waals surface area contributed by atoms with Gasteiger partial charge in [-0.3, -0.25) is 14.9 Å². The number of imide groups is 2. The van der Waals surface area contributed by atoms with Crippen molar-refractivity contribution in [1.82, 2.24) is 5.32 Å². The van der Waals surface area contributed by atoms with E-state index in [4.69, 9.17) is 20.8 Å². The van der Waals surface area contributed by atoms with Gasteiger partial charge in [-0.25, -0.2) is 14.5 Å². The molecule has 0 saturated carbocycles. The van der Waals surface area contributed by atoms with Crippen LogP contribution in [0.3, 0.4) is 0 Å². The molecule has 1 fully saturated rings. The van der Waals surface area contributed by atoms with Crippen LogP contribution in [0.5, 0.6) is 0 Å². The zero-order valence-corrected chi connectivity index (χ0v) is 19.0. The maximum atomic E-state index is 13.0. The van der Waals surface area contributed by atoms with Gasteiger partial charge in [-0.2, -0.15) is 0 Å². The first-order valence-electron chi connectivity index (χ1n) is 10.3. The number of anilines is 1. The van der Waals surface area contributed by atoms with E-state index in [1.807, 2.05) is 0 Å². The minimum Gasteiger partial charge on any atom is -0.462 e. The third kappa shape index (κ3) is 4.49. The number of rotatable bonds is 5. The number of barbiturate groups is 1. The lowest BCUT2D eigenvalue weighted by Crippen LogP contribution is -2.54. The maximum absolute atomic E-state index is 13.0. The Bertz CT molecular complexity index is 1340. The van der Waals surface area contributed by atoms with Gasteiger partial charge in [-0.05, 0) is 61.9 Å². The highest BCUT2D eigenvalue weighted by atomic mass is 35.5. The second-order valence-electron chi connectivity index (χ2n) is 7.39. The molecule has 0 radical (unpaired) electrons. The highest BCUT2D eigenvalue weighted by molar-refractivity contribution is 6.39. The Labute approximate surface area is 199 Å². The molecule has 0 spiro atoms. The van der Waals surface area contributed by atoms with Crippen LogP contribution in [0.1, 0.15) is 28.6 Å². The first-order valence-corrected chi connectivity index (χ1v) is 10.7. The van der Waals surface area contributed by atoms with Gasteiger partial charge < -0.3 is 9.15 Å². The summed E-state index contributed by atoms with van der Waals surface area (Å²) >= 11 is 6.14. The molecule has 1 aliphatic heterocycles. The van der Waals surface area contributed by atoms with Crippen molar-refractivity contribution in [3.8, 4) is 11.3 Å². The van der Waals surface area contributed by atoms with E-state index in [1.54, 1.807) is 62.4 Å². The van der Waals surface area contributed by atoms with Crippen molar-refractivity contribution < 1.29 is 28.3 Å². The molecule has 1 saturated heterocycles. The topological polar surface area (TPSA) is 106 Å². The Kier molecular flexibility index (Phi) is 6.34. The van der Waals surface area contributed by atoms with Crippen LogP contribution in [-0.4, -0.2) is 30.4 Å². The zero-order chi connectivity index (χ0) is 24.4. The number of urea groups is 1. The number of carbonyl (C=O) groups is 4. The summed E-state index contributed by atoms with van der Waals surface area (Å²) in [5.41, 5.74) is 1.84. The van der Waals surface area contributed by atoms with Gasteiger partial charge in [0.2, 0.25) is 0 Å². The number of halogens is 1. The molecule has 0 aliphatic carbocycles. The molecule has 9 heteroatoms. The fraction of sp³-hybridized carbons (Fsp3) is 0.120. The predicted molar refractivity (Wildman–Crippen MR) is 125 cm³/mol. The largest absolute Gasteiger partial charge is 0.462 e. The number of esters is 1. The van der Waals surface area contributed by atoms with Crippen molar-refractivity contribution in [2.75, 3.05) is 11.5 Å². The molecule has 172 valence electrons. The number of carbonyl (C=O) groups excluding carboxylic acids is 4. The van der Waals surface area contributed by atoms with Crippen LogP contribution in [0.2, 0.25) is 5.02 Å². The average molecular weight is 479 g/mol. The second-order valence-corrected chi connectivity index (χ2v) is 7.80. The van der Waals surface area contributed by atoms with Gasteiger partial charge in [0.05, 0.1) is 17.9 Å². The predicted octanol–water partition coefficient (Wildman–Crippen LogP) is 4.75. The van der Waals surface area contributed by atoms with E-state index in [0.717, 1.165) is 10.5 Å². The van der Waals surface area contributed by atoms with Crippen molar-refractivity contribution in [2.24, 2.45) is 0 Å². The SMILES string of the molecule is CCOC(=O)c1ccc(-c2ccc(C=C3C(=O)NC(=O)N(c4ccc(C)c(Cl)c4)C3=O)o2)cc1. The smallest absolute Gasteiger partial charge is 0.338 e. The van der Waals surface area contributed by atoms with Gasteiger partial charge in [-0.15, -0.1) is 0 Å². The van der Waals surface area contributed by atoms with Gasteiger partial charge >= 0.3 is 12.0 Å². The minimum atomic E-state index is -0.867. The molecule has 4 amide bonds. The lowest BCUT2D eigenvalue weighted by atomic mass is 10.1. The van der Waals surface area contributed by atoms with Crippen molar-refractivity contribution >= 4 is 47.2 Å². The molecule has 34 heavy (non-hydrogen) atoms. The van der Waals surface area contributed by atoms with E-state index in [-0.39, 0.29) is 23.6 Å². The fourth-order valence-electron chi connectivity index (χ4n) is 3.33. The van der Waals surface area contributed by atoms with Gasteiger partial charge in [0.25, 0.3) is 11.8 Å². The van der Waals surface area contributed by atoms with E-state index in [9.17, 15) is 19.2 Å². The summed E-state index contributed by atoms with van der Waals surface area (Å²) < 4.78 is 10.7. The molecule has 2 heterocycles. The summed E-state index contributed by atoms with van der Waals surface area (Å²) in [5.74, 6) is -1.36. The monoisotopic (exact) mass is 478 g/mol. The van der Waals surface area contributed by atoms with Crippen LogP contribution in [-0.2, 0) is 14.3 Å². The van der Waals surface area contributed by atoms with E-state index in [1.165, 1.54) is 12.1 Å². The first-order chi connectivity index (χ1) is 16.3. The third-order valence-corrected chi connectivity index (χ3v) is 5.52. The molecular weight excluding hydrogens is 460 g/mol. The Morgan fingerprint density at radius 1 is 1.09 bits per heavy atom. The molecule has 4 rings (SSSR count). The van der Waals surface area contributed by atoms with Crippen LogP contribution in [0.25, 0.3) is 17.4 Å². The molecule has 1 aromatic heterocycles. The number of nitrogens with zero attached hydrogens (tertiary/aromatic N) is 1. The van der Waals surface area contributed by atoms with Gasteiger partial charge in [0.1, 0.15) is 17.1 Å². The number of hydrogen-bond acceptors (Lipinski definition) is 6. The Hall–Kier alpha value is -4.17. The van der Waals surface area contributed by atoms with Gasteiger partial charge in [-0.1, -0.05) is 29.8 Å². The van der Waals surface area contributed by atoms with Crippen LogP contribution >= 0.6 is 11.6 Å². The van der Waals surface area contributed by atoms with Crippen molar-refractivity contribution in [2.45, 2.75) is 13.8 Å². The molecule has 1 N–H and O–H groups in total. The van der Waals surface area contributed by atoms with Crippen molar-refractivity contribution in [3.63, 3.8) is 0 Å². The fourth-order valence-corrected chi connectivity index (χ4v) is 3.50. The molecule has 0 bridgehead atoms. The van der Waals surface area contributed by atoms with E-state index in [2.05, 4.69) is 5.32 Å². The molecule has 2 aromatic carbocycles. The lowest BCUT2D eigenvalue weighted by molar-refractivity contribution is -0.122. The van der Waals surface area contributed by atoms with E-state index < -0.39 is 23.8 Å². The number of nitrogens with one attached hydrogen (secondary N) is 1. The summed E-state index contributed by atoms with van der Waals surface area (Å²) in [6.07, 6.45) is 1.27. The Balaban J connectivity index is 1.60. The highest BCUT2D eigenvalue weighted by Crippen LogP contribution is 2.28. The second kappa shape index (κ2) is 9.36. The number of aryl methyl sites for hydroxylation is 1. The lowest BCUT2D eigenvalue weighted by Gasteiger charge is -2.26. The standard InChI is InChI=1S/C25H19ClN2O6/c1-3-33-24(31)16-7-5-15(6-8-16)21-11-10-18(34-21)13-19-22(29)27-25(32)28(23(19)30)17-9-4-14(2)20(26)12-17/h4-13H,3H2,1-2H3,(H,27,29,32). The first kappa shape index (κ1) is 23.0. The normalized spacial score (nSPS) is 15.0. The van der Waals surface area contributed by atoms with Gasteiger partial charge in [0.15, 0.2) is 0 Å². The molecule has 8 nitrogen and oxygen atoms in total. The summed E-state index contributed by atoms with van der Waals surface area (Å²) in [6, 6.07) is 13.7. The summed E-state index contributed by atoms with van der Waals surface area (Å²) in [5, 5.41) is 2.54. The third-order valence-electron chi connectivity index (χ3n) is 5.11. The van der Waals surface area contributed by atoms with Crippen LogP contribution in [0.15, 0.2) is 64.6 Å². The summed E-state index contributed by atoms with van der Waals surface area (Å²) in [7, 11) is 0. The highest BCUT2D eigenvalue weighted by Gasteiger charge is 2.37. The quantitative estimate of drug-likeness (QED) is 0.322. The molecule has 3 aromatic rings. The van der Waals surface area contributed by atoms with E-state index in [0.29, 0.717) is 21.9 Å². The average Bonchev–Trinajstić information content (AvgIpc) is 3.28. The number of amides is 4. The maximum Gasteiger partial charge on any atom is 0.338 e. The summed E-state index contributed by atoms with van der Waals surface area (Å²) in [6.45, 7) is 3.80. The van der Waals surface area contributed by atoms with Crippen LogP contribution < -0.4 is 10.2 Å².